The Balaban J connectivity index is 1.83. The molecule has 1 aliphatic heterocycles. The summed E-state index contributed by atoms with van der Waals surface area (Å²) in [5, 5.41) is 2.54. The van der Waals surface area contributed by atoms with Crippen molar-refractivity contribution in [2.45, 2.75) is 0 Å². The van der Waals surface area contributed by atoms with Crippen LogP contribution in [0.2, 0.25) is 0 Å². The minimum absolute atomic E-state index is 0.198. The number of anilines is 1. The molecule has 21 heavy (non-hydrogen) atoms. The molecule has 0 spiro atoms. The SMILES string of the molecule is CNC(=O)c1ccc(Oc2ccc3c(c2)OCO3)c(N)c1. The van der Waals surface area contributed by atoms with E-state index in [0.717, 1.165) is 0 Å². The van der Waals surface area contributed by atoms with Crippen LogP contribution in [-0.4, -0.2) is 19.7 Å². The smallest absolute Gasteiger partial charge is 0.251 e. The van der Waals surface area contributed by atoms with Crippen LogP contribution in [0, 0.1) is 0 Å². The molecule has 3 rings (SSSR count). The lowest BCUT2D eigenvalue weighted by atomic mass is 10.2. The second-order valence-corrected chi connectivity index (χ2v) is 4.45. The molecule has 0 radical (unpaired) electrons. The van der Waals surface area contributed by atoms with Crippen molar-refractivity contribution < 1.29 is 19.0 Å². The lowest BCUT2D eigenvalue weighted by molar-refractivity contribution is 0.0963. The van der Waals surface area contributed by atoms with Crippen molar-refractivity contribution in [2.24, 2.45) is 0 Å². The molecule has 3 N–H and O–H groups in total. The molecule has 0 fully saturated rings. The fourth-order valence-corrected chi connectivity index (χ4v) is 1.99. The zero-order valence-electron chi connectivity index (χ0n) is 11.4. The summed E-state index contributed by atoms with van der Waals surface area (Å²) in [7, 11) is 1.57. The Bertz CT molecular complexity index is 700. The number of fused-ring (bicyclic) bond motifs is 1. The van der Waals surface area contributed by atoms with E-state index in [1.54, 1.807) is 43.4 Å². The molecule has 6 nitrogen and oxygen atoms in total. The lowest BCUT2D eigenvalue weighted by Gasteiger charge is -2.10. The van der Waals surface area contributed by atoms with Crippen molar-refractivity contribution in [3.05, 3.63) is 42.0 Å². The molecule has 6 heteroatoms. The first-order chi connectivity index (χ1) is 10.2. The monoisotopic (exact) mass is 286 g/mol. The predicted molar refractivity (Wildman–Crippen MR) is 76.9 cm³/mol. The molecule has 2 aromatic carbocycles. The maximum atomic E-state index is 11.5. The predicted octanol–water partition coefficient (Wildman–Crippen LogP) is 2.15. The molecule has 108 valence electrons. The molecule has 0 atom stereocenters. The third kappa shape index (κ3) is 2.55. The molecular weight excluding hydrogens is 272 g/mol. The van der Waals surface area contributed by atoms with Gasteiger partial charge in [-0.1, -0.05) is 0 Å². The normalized spacial score (nSPS) is 12.0. The summed E-state index contributed by atoms with van der Waals surface area (Å²) in [5.41, 5.74) is 6.78. The van der Waals surface area contributed by atoms with Crippen molar-refractivity contribution in [1.29, 1.82) is 0 Å². The van der Waals surface area contributed by atoms with Gasteiger partial charge in [0.05, 0.1) is 5.69 Å². The summed E-state index contributed by atoms with van der Waals surface area (Å²) in [6.07, 6.45) is 0. The summed E-state index contributed by atoms with van der Waals surface area (Å²) in [6.45, 7) is 0.210. The van der Waals surface area contributed by atoms with E-state index >= 15 is 0 Å². The van der Waals surface area contributed by atoms with Crippen molar-refractivity contribution >= 4 is 11.6 Å². The van der Waals surface area contributed by atoms with Crippen LogP contribution < -0.4 is 25.3 Å². The highest BCUT2D eigenvalue weighted by Crippen LogP contribution is 2.37. The zero-order valence-corrected chi connectivity index (χ0v) is 11.4. The van der Waals surface area contributed by atoms with E-state index in [1.165, 1.54) is 0 Å². The van der Waals surface area contributed by atoms with Crippen molar-refractivity contribution in [3.8, 4) is 23.0 Å². The second kappa shape index (κ2) is 5.24. The number of benzene rings is 2. The molecule has 0 aromatic heterocycles. The number of ether oxygens (including phenoxy) is 3. The Morgan fingerprint density at radius 3 is 2.76 bits per heavy atom. The van der Waals surface area contributed by atoms with E-state index in [9.17, 15) is 4.79 Å². The maximum absolute atomic E-state index is 11.5. The molecule has 0 saturated carbocycles. The number of carbonyl (C=O) groups is 1. The number of rotatable bonds is 3. The van der Waals surface area contributed by atoms with Gasteiger partial charge in [-0.05, 0) is 30.3 Å². The molecule has 0 saturated heterocycles. The van der Waals surface area contributed by atoms with Gasteiger partial charge in [0.2, 0.25) is 6.79 Å². The fraction of sp³-hybridized carbons (Fsp3) is 0.133. The first-order valence-electron chi connectivity index (χ1n) is 6.36. The van der Waals surface area contributed by atoms with Gasteiger partial charge in [0, 0.05) is 18.7 Å². The highest BCUT2D eigenvalue weighted by molar-refractivity contribution is 5.95. The quantitative estimate of drug-likeness (QED) is 0.845. The van der Waals surface area contributed by atoms with Gasteiger partial charge >= 0.3 is 0 Å². The Labute approximate surface area is 121 Å². The third-order valence-electron chi connectivity index (χ3n) is 3.07. The van der Waals surface area contributed by atoms with Gasteiger partial charge in [0.25, 0.3) is 5.91 Å². The number of amides is 1. The van der Waals surface area contributed by atoms with Crippen molar-refractivity contribution in [1.82, 2.24) is 5.32 Å². The van der Waals surface area contributed by atoms with Gasteiger partial charge in [-0.15, -0.1) is 0 Å². The van der Waals surface area contributed by atoms with E-state index in [4.69, 9.17) is 19.9 Å². The van der Waals surface area contributed by atoms with Crippen LogP contribution in [0.3, 0.4) is 0 Å². The van der Waals surface area contributed by atoms with Crippen LogP contribution in [0.4, 0.5) is 5.69 Å². The topological polar surface area (TPSA) is 82.8 Å². The highest BCUT2D eigenvalue weighted by Gasteiger charge is 2.15. The minimum atomic E-state index is -0.198. The summed E-state index contributed by atoms with van der Waals surface area (Å²) in [5.74, 6) is 2.18. The number of hydrogen-bond donors (Lipinski definition) is 2. The average Bonchev–Trinajstić information content (AvgIpc) is 2.96. The summed E-state index contributed by atoms with van der Waals surface area (Å²) < 4.78 is 16.2. The van der Waals surface area contributed by atoms with Gasteiger partial charge < -0.3 is 25.3 Å². The number of carbonyl (C=O) groups excluding carboxylic acids is 1. The molecule has 0 unspecified atom stereocenters. The Morgan fingerprint density at radius 1 is 1.19 bits per heavy atom. The van der Waals surface area contributed by atoms with Gasteiger partial charge in [-0.3, -0.25) is 4.79 Å². The molecular formula is C15H14N2O4. The van der Waals surface area contributed by atoms with Crippen LogP contribution >= 0.6 is 0 Å². The first-order valence-corrected chi connectivity index (χ1v) is 6.36. The molecule has 1 heterocycles. The van der Waals surface area contributed by atoms with Crippen molar-refractivity contribution in [2.75, 3.05) is 19.6 Å². The standard InChI is InChI=1S/C15H14N2O4/c1-17-15(18)9-2-4-12(11(16)6-9)21-10-3-5-13-14(7-10)20-8-19-13/h2-7H,8,16H2,1H3,(H,17,18). The van der Waals surface area contributed by atoms with E-state index in [-0.39, 0.29) is 12.7 Å². The first kappa shape index (κ1) is 13.1. The molecule has 2 aromatic rings. The summed E-state index contributed by atoms with van der Waals surface area (Å²) >= 11 is 0. The molecule has 1 aliphatic rings. The Morgan fingerprint density at radius 2 is 2.00 bits per heavy atom. The van der Waals surface area contributed by atoms with E-state index in [1.807, 2.05) is 0 Å². The van der Waals surface area contributed by atoms with Crippen LogP contribution in [0.1, 0.15) is 10.4 Å². The number of nitrogens with one attached hydrogen (secondary N) is 1. The Hall–Kier alpha value is -2.89. The van der Waals surface area contributed by atoms with E-state index in [0.29, 0.717) is 34.2 Å². The van der Waals surface area contributed by atoms with E-state index < -0.39 is 0 Å². The van der Waals surface area contributed by atoms with Gasteiger partial charge in [-0.25, -0.2) is 0 Å². The third-order valence-corrected chi connectivity index (χ3v) is 3.07. The molecule has 1 amide bonds. The molecule has 0 aliphatic carbocycles. The summed E-state index contributed by atoms with van der Waals surface area (Å²) in [6, 6.07) is 10.1. The zero-order chi connectivity index (χ0) is 14.8. The Kier molecular flexibility index (Phi) is 3.27. The van der Waals surface area contributed by atoms with Crippen LogP contribution in [-0.2, 0) is 0 Å². The number of nitrogens with two attached hydrogens (primary N) is 1. The van der Waals surface area contributed by atoms with Crippen LogP contribution in [0.25, 0.3) is 0 Å². The van der Waals surface area contributed by atoms with Crippen LogP contribution in [0.15, 0.2) is 36.4 Å². The fourth-order valence-electron chi connectivity index (χ4n) is 1.99. The van der Waals surface area contributed by atoms with Gasteiger partial charge in [-0.2, -0.15) is 0 Å². The summed E-state index contributed by atoms with van der Waals surface area (Å²) in [4.78, 5) is 11.5. The van der Waals surface area contributed by atoms with E-state index in [2.05, 4.69) is 5.32 Å². The van der Waals surface area contributed by atoms with Gasteiger partial charge in [0.1, 0.15) is 11.5 Å². The van der Waals surface area contributed by atoms with Crippen molar-refractivity contribution in [3.63, 3.8) is 0 Å². The van der Waals surface area contributed by atoms with Crippen LogP contribution in [0.5, 0.6) is 23.0 Å². The minimum Gasteiger partial charge on any atom is -0.455 e. The maximum Gasteiger partial charge on any atom is 0.251 e. The highest BCUT2D eigenvalue weighted by atomic mass is 16.7. The molecule has 0 bridgehead atoms. The number of nitrogen functional groups attached to an aromatic ring is 1. The second-order valence-electron chi connectivity index (χ2n) is 4.45. The largest absolute Gasteiger partial charge is 0.455 e. The average molecular weight is 286 g/mol. The lowest BCUT2D eigenvalue weighted by Crippen LogP contribution is -2.17. The van der Waals surface area contributed by atoms with Gasteiger partial charge in [0.15, 0.2) is 11.5 Å². The number of hydrogen-bond acceptors (Lipinski definition) is 5.